The standard InChI is InChI=1S/C20H22ClN5O2/c1-12-10-17(24-28-12)20(27)26-8-6-25(7-9-26)19-15(13(2)22)11-16(21)14-4-3-5-23-18(14)19/h3-5,10-11,13H,6-9,22H2,1-2H3. The number of amides is 1. The van der Waals surface area contributed by atoms with E-state index >= 15 is 0 Å². The van der Waals surface area contributed by atoms with Crippen LogP contribution in [0.1, 0.15) is 34.8 Å². The van der Waals surface area contributed by atoms with Gasteiger partial charge in [-0.25, -0.2) is 0 Å². The molecule has 8 heteroatoms. The Morgan fingerprint density at radius 3 is 2.68 bits per heavy atom. The minimum atomic E-state index is -0.184. The second-order valence-corrected chi connectivity index (χ2v) is 7.49. The molecule has 3 aromatic rings. The van der Waals surface area contributed by atoms with Crippen molar-refractivity contribution in [2.24, 2.45) is 5.73 Å². The predicted molar refractivity (Wildman–Crippen MR) is 109 cm³/mol. The van der Waals surface area contributed by atoms with E-state index in [0.717, 1.165) is 22.2 Å². The van der Waals surface area contributed by atoms with Crippen molar-refractivity contribution < 1.29 is 9.32 Å². The van der Waals surface area contributed by atoms with Gasteiger partial charge < -0.3 is 20.1 Å². The lowest BCUT2D eigenvalue weighted by molar-refractivity contribution is 0.0736. The molecule has 4 rings (SSSR count). The molecule has 1 saturated heterocycles. The fourth-order valence-electron chi connectivity index (χ4n) is 3.65. The fourth-order valence-corrected chi connectivity index (χ4v) is 3.92. The molecule has 28 heavy (non-hydrogen) atoms. The Hall–Kier alpha value is -2.64. The first-order valence-corrected chi connectivity index (χ1v) is 9.63. The van der Waals surface area contributed by atoms with Crippen molar-refractivity contribution in [1.82, 2.24) is 15.0 Å². The summed E-state index contributed by atoms with van der Waals surface area (Å²) in [6, 6.07) is 7.25. The highest BCUT2D eigenvalue weighted by molar-refractivity contribution is 6.36. The molecule has 1 aliphatic heterocycles. The summed E-state index contributed by atoms with van der Waals surface area (Å²) in [6.45, 7) is 6.23. The maximum absolute atomic E-state index is 12.6. The van der Waals surface area contributed by atoms with Gasteiger partial charge in [-0.15, -0.1) is 0 Å². The van der Waals surface area contributed by atoms with Crippen LogP contribution in [-0.4, -0.2) is 47.1 Å². The van der Waals surface area contributed by atoms with Crippen LogP contribution >= 0.6 is 11.6 Å². The number of halogens is 1. The molecule has 0 bridgehead atoms. The van der Waals surface area contributed by atoms with Crippen molar-refractivity contribution in [2.75, 3.05) is 31.1 Å². The van der Waals surface area contributed by atoms with Gasteiger partial charge in [0.05, 0.1) is 16.2 Å². The number of piperazine rings is 1. The summed E-state index contributed by atoms with van der Waals surface area (Å²) >= 11 is 6.47. The summed E-state index contributed by atoms with van der Waals surface area (Å²) in [5.74, 6) is 0.519. The average molecular weight is 400 g/mol. The van der Waals surface area contributed by atoms with Crippen LogP contribution in [0.15, 0.2) is 35.0 Å². The monoisotopic (exact) mass is 399 g/mol. The Morgan fingerprint density at radius 1 is 1.29 bits per heavy atom. The smallest absolute Gasteiger partial charge is 0.276 e. The molecular weight excluding hydrogens is 378 g/mol. The van der Waals surface area contributed by atoms with E-state index in [0.29, 0.717) is 42.7 Å². The lowest BCUT2D eigenvalue weighted by Gasteiger charge is -2.37. The average Bonchev–Trinajstić information content (AvgIpc) is 3.14. The van der Waals surface area contributed by atoms with Gasteiger partial charge in [0, 0.05) is 49.9 Å². The normalized spacial score (nSPS) is 15.9. The molecule has 1 atom stereocenters. The predicted octanol–water partition coefficient (Wildman–Crippen LogP) is 3.17. The zero-order valence-corrected chi connectivity index (χ0v) is 16.6. The third-order valence-electron chi connectivity index (χ3n) is 5.07. The SMILES string of the molecule is Cc1cc(C(=O)N2CCN(c3c(C(C)N)cc(Cl)c4cccnc34)CC2)no1. The molecule has 0 radical (unpaired) electrons. The van der Waals surface area contributed by atoms with E-state index in [1.54, 1.807) is 24.1 Å². The molecule has 2 aromatic heterocycles. The zero-order valence-electron chi connectivity index (χ0n) is 15.9. The molecule has 0 spiro atoms. The number of aryl methyl sites for hydroxylation is 1. The summed E-state index contributed by atoms with van der Waals surface area (Å²) in [5, 5.41) is 5.39. The van der Waals surface area contributed by atoms with E-state index in [1.807, 2.05) is 25.1 Å². The van der Waals surface area contributed by atoms with Crippen molar-refractivity contribution in [3.63, 3.8) is 0 Å². The Morgan fingerprint density at radius 2 is 2.04 bits per heavy atom. The molecule has 7 nitrogen and oxygen atoms in total. The van der Waals surface area contributed by atoms with E-state index in [9.17, 15) is 4.79 Å². The number of anilines is 1. The molecule has 0 saturated carbocycles. The fraction of sp³-hybridized carbons (Fsp3) is 0.350. The molecule has 1 aliphatic rings. The highest BCUT2D eigenvalue weighted by Crippen LogP contribution is 2.37. The molecule has 1 aromatic carbocycles. The number of hydrogen-bond acceptors (Lipinski definition) is 6. The van der Waals surface area contributed by atoms with Crippen molar-refractivity contribution in [1.29, 1.82) is 0 Å². The summed E-state index contributed by atoms with van der Waals surface area (Å²) in [6.07, 6.45) is 1.76. The molecule has 0 aliphatic carbocycles. The van der Waals surface area contributed by atoms with E-state index in [-0.39, 0.29) is 11.9 Å². The van der Waals surface area contributed by atoms with Gasteiger partial charge in [0.15, 0.2) is 5.69 Å². The highest BCUT2D eigenvalue weighted by atomic mass is 35.5. The Labute approximate surface area is 168 Å². The largest absolute Gasteiger partial charge is 0.366 e. The molecule has 2 N–H and O–H groups in total. The van der Waals surface area contributed by atoms with Gasteiger partial charge in [0.1, 0.15) is 5.76 Å². The number of fused-ring (bicyclic) bond motifs is 1. The van der Waals surface area contributed by atoms with Crippen LogP contribution in [0.25, 0.3) is 10.9 Å². The summed E-state index contributed by atoms with van der Waals surface area (Å²) in [4.78, 5) is 21.2. The number of aromatic nitrogens is 2. The van der Waals surface area contributed by atoms with Gasteiger partial charge in [-0.2, -0.15) is 0 Å². The molecule has 3 heterocycles. The Kier molecular flexibility index (Phi) is 4.95. The van der Waals surface area contributed by atoms with Crippen molar-refractivity contribution in [3.8, 4) is 0 Å². The lowest BCUT2D eigenvalue weighted by Crippen LogP contribution is -2.49. The van der Waals surface area contributed by atoms with Crippen molar-refractivity contribution >= 4 is 34.1 Å². The molecule has 1 fully saturated rings. The van der Waals surface area contributed by atoms with Gasteiger partial charge >= 0.3 is 0 Å². The van der Waals surface area contributed by atoms with Crippen LogP contribution in [-0.2, 0) is 0 Å². The number of hydrogen-bond donors (Lipinski definition) is 1. The third kappa shape index (κ3) is 3.31. The summed E-state index contributed by atoms with van der Waals surface area (Å²) < 4.78 is 5.03. The summed E-state index contributed by atoms with van der Waals surface area (Å²) in [7, 11) is 0. The Balaban J connectivity index is 1.63. The first-order valence-electron chi connectivity index (χ1n) is 9.26. The lowest BCUT2D eigenvalue weighted by atomic mass is 10.0. The van der Waals surface area contributed by atoms with Crippen LogP contribution in [0.5, 0.6) is 0 Å². The van der Waals surface area contributed by atoms with Gasteiger partial charge in [-0.1, -0.05) is 16.8 Å². The number of pyridine rings is 1. The van der Waals surface area contributed by atoms with E-state index < -0.39 is 0 Å². The molecule has 1 amide bonds. The first kappa shape index (κ1) is 18.7. The van der Waals surface area contributed by atoms with Crippen molar-refractivity contribution in [2.45, 2.75) is 19.9 Å². The molecule has 146 valence electrons. The minimum Gasteiger partial charge on any atom is -0.366 e. The Bertz CT molecular complexity index is 1020. The number of nitrogens with two attached hydrogens (primary N) is 1. The maximum atomic E-state index is 12.6. The second-order valence-electron chi connectivity index (χ2n) is 7.09. The van der Waals surface area contributed by atoms with E-state index in [2.05, 4.69) is 15.0 Å². The number of benzene rings is 1. The van der Waals surface area contributed by atoms with Gasteiger partial charge in [-0.3, -0.25) is 9.78 Å². The highest BCUT2D eigenvalue weighted by Gasteiger charge is 2.27. The van der Waals surface area contributed by atoms with Crippen molar-refractivity contribution in [3.05, 3.63) is 52.5 Å². The van der Waals surface area contributed by atoms with Gasteiger partial charge in [-0.05, 0) is 37.6 Å². The van der Waals surface area contributed by atoms with E-state index in [4.69, 9.17) is 21.9 Å². The molecular formula is C20H22ClN5O2. The number of carbonyl (C=O) groups excluding carboxylic acids is 1. The second kappa shape index (κ2) is 7.41. The van der Waals surface area contributed by atoms with Gasteiger partial charge in [0.2, 0.25) is 0 Å². The number of rotatable bonds is 3. The van der Waals surface area contributed by atoms with Crippen LogP contribution in [0.2, 0.25) is 5.02 Å². The van der Waals surface area contributed by atoms with Crippen LogP contribution < -0.4 is 10.6 Å². The third-order valence-corrected chi connectivity index (χ3v) is 5.38. The quantitative estimate of drug-likeness (QED) is 0.727. The van der Waals surface area contributed by atoms with E-state index in [1.165, 1.54) is 0 Å². The summed E-state index contributed by atoms with van der Waals surface area (Å²) in [5.41, 5.74) is 9.39. The zero-order chi connectivity index (χ0) is 19.8. The van der Waals surface area contributed by atoms with Gasteiger partial charge in [0.25, 0.3) is 5.91 Å². The minimum absolute atomic E-state index is 0.108. The topological polar surface area (TPSA) is 88.5 Å². The van der Waals surface area contributed by atoms with Crippen LogP contribution in [0.4, 0.5) is 5.69 Å². The number of carbonyl (C=O) groups is 1. The molecule has 1 unspecified atom stereocenters. The first-order chi connectivity index (χ1) is 13.5. The maximum Gasteiger partial charge on any atom is 0.276 e. The van der Waals surface area contributed by atoms with Crippen LogP contribution in [0.3, 0.4) is 0 Å². The van der Waals surface area contributed by atoms with Crippen LogP contribution in [0, 0.1) is 6.92 Å². The number of nitrogens with zero attached hydrogens (tertiary/aromatic N) is 4.